The number of benzene rings is 1. The van der Waals surface area contributed by atoms with Crippen LogP contribution in [0, 0.1) is 6.92 Å². The van der Waals surface area contributed by atoms with Crippen molar-refractivity contribution in [2.24, 2.45) is 19.2 Å². The number of nitrogens with one attached hydrogen (secondary N) is 1. The molecule has 9 nitrogen and oxygen atoms in total. The third-order valence-electron chi connectivity index (χ3n) is 4.87. The number of rotatable bonds is 5. The highest BCUT2D eigenvalue weighted by atomic mass is 16.2. The molecule has 0 saturated carbocycles. The van der Waals surface area contributed by atoms with Crippen molar-refractivity contribution in [2.75, 3.05) is 5.43 Å². The van der Waals surface area contributed by atoms with E-state index in [0.29, 0.717) is 23.7 Å². The summed E-state index contributed by atoms with van der Waals surface area (Å²) in [5.41, 5.74) is 5.66. The van der Waals surface area contributed by atoms with Crippen molar-refractivity contribution in [3.8, 4) is 0 Å². The molecule has 0 bridgehead atoms. The van der Waals surface area contributed by atoms with Crippen molar-refractivity contribution in [3.63, 3.8) is 0 Å². The fraction of sp³-hybridized carbons (Fsp3) is 0.190. The van der Waals surface area contributed by atoms with Crippen LogP contribution < -0.4 is 16.7 Å². The van der Waals surface area contributed by atoms with Crippen molar-refractivity contribution in [1.29, 1.82) is 0 Å². The van der Waals surface area contributed by atoms with Crippen LogP contribution in [0.2, 0.25) is 0 Å². The molecule has 3 aromatic heterocycles. The predicted octanol–water partition coefficient (Wildman–Crippen LogP) is 1.63. The van der Waals surface area contributed by atoms with E-state index in [1.54, 1.807) is 30.2 Å². The van der Waals surface area contributed by atoms with E-state index in [2.05, 4.69) is 20.5 Å². The highest BCUT2D eigenvalue weighted by Crippen LogP contribution is 2.18. The zero-order chi connectivity index (χ0) is 21.3. The summed E-state index contributed by atoms with van der Waals surface area (Å²) in [5.74, 6) is 0.365. The van der Waals surface area contributed by atoms with Gasteiger partial charge in [0.1, 0.15) is 0 Å². The largest absolute Gasteiger partial charge is 0.332 e. The van der Waals surface area contributed by atoms with Gasteiger partial charge in [0, 0.05) is 32.1 Å². The molecule has 0 aliphatic carbocycles. The third kappa shape index (κ3) is 3.52. The Labute approximate surface area is 172 Å². The van der Waals surface area contributed by atoms with E-state index in [9.17, 15) is 9.59 Å². The highest BCUT2D eigenvalue weighted by Gasteiger charge is 2.19. The standard InChI is InChI=1S/C21H21N7O2/c1-14-6-8-15(9-7-14)13-28-17-18(26(2)21(30)27(3)19(17)29)24-20(28)25-23-12-16-5-4-10-22-11-16/h4-12H,13H2,1-3H3,(H,24,25)/b23-12-. The van der Waals surface area contributed by atoms with Gasteiger partial charge in [-0.3, -0.25) is 23.5 Å². The Balaban J connectivity index is 1.83. The van der Waals surface area contributed by atoms with Crippen LogP contribution in [0.4, 0.5) is 5.95 Å². The first-order chi connectivity index (χ1) is 14.5. The number of hydrogen-bond acceptors (Lipinski definition) is 6. The summed E-state index contributed by atoms with van der Waals surface area (Å²) < 4.78 is 4.18. The summed E-state index contributed by atoms with van der Waals surface area (Å²) >= 11 is 0. The number of fused-ring (bicyclic) bond motifs is 1. The molecule has 3 heterocycles. The lowest BCUT2D eigenvalue weighted by atomic mass is 10.1. The zero-order valence-corrected chi connectivity index (χ0v) is 16.9. The summed E-state index contributed by atoms with van der Waals surface area (Å²) in [6.45, 7) is 2.41. The van der Waals surface area contributed by atoms with Crippen molar-refractivity contribution in [2.45, 2.75) is 13.5 Å². The molecule has 9 heteroatoms. The Morgan fingerprint density at radius 3 is 2.57 bits per heavy atom. The van der Waals surface area contributed by atoms with E-state index in [4.69, 9.17) is 0 Å². The number of imidazole rings is 1. The van der Waals surface area contributed by atoms with Crippen molar-refractivity contribution in [3.05, 3.63) is 86.3 Å². The van der Waals surface area contributed by atoms with Gasteiger partial charge in [0.25, 0.3) is 5.56 Å². The fourth-order valence-corrected chi connectivity index (χ4v) is 3.18. The molecule has 0 unspecified atom stereocenters. The topological polar surface area (TPSA) is 99.1 Å². The summed E-state index contributed by atoms with van der Waals surface area (Å²) in [5, 5.41) is 4.23. The van der Waals surface area contributed by atoms with Gasteiger partial charge in [-0.1, -0.05) is 35.9 Å². The summed E-state index contributed by atoms with van der Waals surface area (Å²) in [4.78, 5) is 33.8. The molecule has 0 saturated heterocycles. The first-order valence-electron chi connectivity index (χ1n) is 9.36. The third-order valence-corrected chi connectivity index (χ3v) is 4.87. The second-order valence-electron chi connectivity index (χ2n) is 7.04. The Morgan fingerprint density at radius 1 is 1.10 bits per heavy atom. The number of hydrogen-bond donors (Lipinski definition) is 1. The maximum absolute atomic E-state index is 12.9. The molecule has 0 aliphatic rings. The fourth-order valence-electron chi connectivity index (χ4n) is 3.18. The summed E-state index contributed by atoms with van der Waals surface area (Å²) in [6, 6.07) is 11.7. The van der Waals surface area contributed by atoms with Crippen LogP contribution in [-0.4, -0.2) is 29.9 Å². The van der Waals surface area contributed by atoms with Crippen LogP contribution in [-0.2, 0) is 20.6 Å². The first-order valence-corrected chi connectivity index (χ1v) is 9.36. The molecule has 4 aromatic rings. The Hall–Kier alpha value is -4.01. The lowest BCUT2D eigenvalue weighted by Gasteiger charge is -2.09. The number of pyridine rings is 1. The number of anilines is 1. The molecule has 1 aromatic carbocycles. The number of aryl methyl sites for hydroxylation is 2. The van der Waals surface area contributed by atoms with Gasteiger partial charge in [0.15, 0.2) is 11.2 Å². The predicted molar refractivity (Wildman–Crippen MR) is 116 cm³/mol. The van der Waals surface area contributed by atoms with Gasteiger partial charge in [0.05, 0.1) is 12.8 Å². The second-order valence-corrected chi connectivity index (χ2v) is 7.04. The van der Waals surface area contributed by atoms with E-state index in [-0.39, 0.29) is 0 Å². The van der Waals surface area contributed by atoms with Crippen LogP contribution in [0.3, 0.4) is 0 Å². The van der Waals surface area contributed by atoms with Crippen LogP contribution in [0.1, 0.15) is 16.7 Å². The van der Waals surface area contributed by atoms with Crippen molar-refractivity contribution < 1.29 is 0 Å². The van der Waals surface area contributed by atoms with Gasteiger partial charge in [0.2, 0.25) is 5.95 Å². The normalized spacial score (nSPS) is 11.4. The van der Waals surface area contributed by atoms with Crippen LogP contribution >= 0.6 is 0 Å². The maximum Gasteiger partial charge on any atom is 0.332 e. The monoisotopic (exact) mass is 403 g/mol. The molecule has 4 rings (SSSR count). The second kappa shape index (κ2) is 7.78. The lowest BCUT2D eigenvalue weighted by Crippen LogP contribution is -2.37. The van der Waals surface area contributed by atoms with Gasteiger partial charge in [-0.2, -0.15) is 10.1 Å². The molecule has 0 fully saturated rings. The maximum atomic E-state index is 12.9. The molecular weight excluding hydrogens is 382 g/mol. The number of nitrogens with zero attached hydrogens (tertiary/aromatic N) is 6. The van der Waals surface area contributed by atoms with Crippen LogP contribution in [0.15, 0.2) is 63.5 Å². The number of hydrazone groups is 1. The van der Waals surface area contributed by atoms with Gasteiger partial charge in [-0.25, -0.2) is 10.2 Å². The molecule has 0 spiro atoms. The van der Waals surface area contributed by atoms with Crippen LogP contribution in [0.5, 0.6) is 0 Å². The lowest BCUT2D eigenvalue weighted by molar-refractivity contribution is 0.702. The minimum absolute atomic E-state index is 0.300. The minimum Gasteiger partial charge on any atom is -0.298 e. The first kappa shape index (κ1) is 19.3. The molecule has 0 aliphatic heterocycles. The molecule has 0 amide bonds. The van der Waals surface area contributed by atoms with Gasteiger partial charge in [-0.05, 0) is 18.6 Å². The quantitative estimate of drug-likeness (QED) is 0.403. The Kier molecular flexibility index (Phi) is 5.01. The van der Waals surface area contributed by atoms with Gasteiger partial charge in [-0.15, -0.1) is 0 Å². The van der Waals surface area contributed by atoms with E-state index < -0.39 is 11.2 Å². The van der Waals surface area contributed by atoms with E-state index in [1.807, 2.05) is 43.3 Å². The average Bonchev–Trinajstić information content (AvgIpc) is 3.11. The van der Waals surface area contributed by atoms with Crippen LogP contribution in [0.25, 0.3) is 11.2 Å². The smallest absolute Gasteiger partial charge is 0.298 e. The van der Waals surface area contributed by atoms with E-state index >= 15 is 0 Å². The number of aromatic nitrogens is 5. The van der Waals surface area contributed by atoms with Crippen molar-refractivity contribution in [1.82, 2.24) is 23.7 Å². The molecule has 0 atom stereocenters. The van der Waals surface area contributed by atoms with E-state index in [0.717, 1.165) is 21.3 Å². The SMILES string of the molecule is Cc1ccc(Cn2c(N/N=C\c3cccnc3)nc3c2c(=O)n(C)c(=O)n3C)cc1. The van der Waals surface area contributed by atoms with Gasteiger partial charge >= 0.3 is 5.69 Å². The molecule has 0 radical (unpaired) electrons. The highest BCUT2D eigenvalue weighted by molar-refractivity contribution is 5.80. The molecule has 30 heavy (non-hydrogen) atoms. The molecule has 1 N–H and O–H groups in total. The summed E-state index contributed by atoms with van der Waals surface area (Å²) in [7, 11) is 3.05. The summed E-state index contributed by atoms with van der Waals surface area (Å²) in [6.07, 6.45) is 4.97. The average molecular weight is 403 g/mol. The van der Waals surface area contributed by atoms with E-state index in [1.165, 1.54) is 11.6 Å². The Morgan fingerprint density at radius 2 is 1.87 bits per heavy atom. The molecular formula is C21H21N7O2. The van der Waals surface area contributed by atoms with Crippen molar-refractivity contribution >= 4 is 23.3 Å². The van der Waals surface area contributed by atoms with Gasteiger partial charge < -0.3 is 0 Å². The molecule has 152 valence electrons. The Bertz CT molecular complexity index is 1350. The minimum atomic E-state index is -0.433. The zero-order valence-electron chi connectivity index (χ0n) is 16.9.